The van der Waals surface area contributed by atoms with Gasteiger partial charge in [0.1, 0.15) is 5.60 Å². The number of aryl methyl sites for hydroxylation is 2. The number of rotatable bonds is 2. The number of ether oxygens (including phenoxy) is 1. The molecule has 5 rings (SSSR count). The first-order chi connectivity index (χ1) is 15.2. The van der Waals surface area contributed by atoms with Crippen LogP contribution in [0.2, 0.25) is 0 Å². The molecule has 0 unspecified atom stereocenters. The lowest BCUT2D eigenvalue weighted by molar-refractivity contribution is 0.0204. The smallest absolute Gasteiger partial charge is 0.410 e. The number of thiazole rings is 1. The van der Waals surface area contributed by atoms with Gasteiger partial charge in [-0.2, -0.15) is 5.10 Å². The highest BCUT2D eigenvalue weighted by atomic mass is 32.1. The number of likely N-dealkylation sites (tertiary alicyclic amines) is 1. The number of hydrogen-bond acceptors (Lipinski definition) is 5. The molecule has 1 aliphatic heterocycles. The zero-order valence-electron chi connectivity index (χ0n) is 19.3. The number of aromatic nitrogens is 4. The summed E-state index contributed by atoms with van der Waals surface area (Å²) in [5, 5.41) is 5.71. The Labute approximate surface area is 191 Å². The Bertz CT molecular complexity index is 1270. The van der Waals surface area contributed by atoms with Crippen LogP contribution in [0.3, 0.4) is 0 Å². The van der Waals surface area contributed by atoms with E-state index in [0.717, 1.165) is 34.4 Å². The lowest BCUT2D eigenvalue weighted by Gasteiger charge is -2.32. The molecule has 0 N–H and O–H groups in total. The van der Waals surface area contributed by atoms with Gasteiger partial charge in [-0.15, -0.1) is 0 Å². The Morgan fingerprint density at radius 1 is 1.16 bits per heavy atom. The maximum absolute atomic E-state index is 12.3. The zero-order valence-corrected chi connectivity index (χ0v) is 20.1. The molecular formula is C24H29N5O2S. The number of hydrogen-bond donors (Lipinski definition) is 0. The summed E-state index contributed by atoms with van der Waals surface area (Å²) in [6.45, 7) is 9.24. The quantitative estimate of drug-likeness (QED) is 0.411. The molecule has 8 heteroatoms. The summed E-state index contributed by atoms with van der Waals surface area (Å²) in [6, 6.07) is 4.40. The fourth-order valence-electron chi connectivity index (χ4n) is 4.40. The van der Waals surface area contributed by atoms with Crippen LogP contribution >= 0.6 is 11.3 Å². The topological polar surface area (TPSA) is 64.7 Å². The Morgan fingerprint density at radius 2 is 1.91 bits per heavy atom. The monoisotopic (exact) mass is 451 g/mol. The molecule has 0 bridgehead atoms. The van der Waals surface area contributed by atoms with E-state index in [2.05, 4.69) is 47.1 Å². The summed E-state index contributed by atoms with van der Waals surface area (Å²) in [5.74, 6) is 0.373. The number of piperidine rings is 1. The minimum absolute atomic E-state index is 0.215. The minimum Gasteiger partial charge on any atom is -0.444 e. The van der Waals surface area contributed by atoms with Crippen LogP contribution in [-0.2, 0) is 11.8 Å². The van der Waals surface area contributed by atoms with Gasteiger partial charge in [-0.05, 0) is 63.8 Å². The third-order valence-electron chi connectivity index (χ3n) is 5.94. The van der Waals surface area contributed by atoms with Gasteiger partial charge in [0, 0.05) is 50.0 Å². The van der Waals surface area contributed by atoms with E-state index in [0.29, 0.717) is 19.0 Å². The van der Waals surface area contributed by atoms with E-state index < -0.39 is 5.60 Å². The van der Waals surface area contributed by atoms with E-state index in [4.69, 9.17) is 9.72 Å². The van der Waals surface area contributed by atoms with Crippen molar-refractivity contribution in [3.8, 4) is 10.4 Å². The van der Waals surface area contributed by atoms with Crippen molar-refractivity contribution in [2.24, 2.45) is 7.05 Å². The van der Waals surface area contributed by atoms with Gasteiger partial charge in [0.2, 0.25) is 0 Å². The van der Waals surface area contributed by atoms with Crippen molar-refractivity contribution >= 4 is 33.3 Å². The molecule has 7 nitrogen and oxygen atoms in total. The first-order valence-corrected chi connectivity index (χ1v) is 11.9. The maximum Gasteiger partial charge on any atom is 0.410 e. The summed E-state index contributed by atoms with van der Waals surface area (Å²) in [7, 11) is 1.96. The van der Waals surface area contributed by atoms with Crippen molar-refractivity contribution in [3.63, 3.8) is 0 Å². The molecular weight excluding hydrogens is 422 g/mol. The molecule has 32 heavy (non-hydrogen) atoms. The van der Waals surface area contributed by atoms with Gasteiger partial charge in [0.05, 0.1) is 16.1 Å². The van der Waals surface area contributed by atoms with E-state index in [1.54, 1.807) is 11.3 Å². The van der Waals surface area contributed by atoms with Gasteiger partial charge in [-0.25, -0.2) is 9.78 Å². The third kappa shape index (κ3) is 3.99. The van der Waals surface area contributed by atoms with Crippen molar-refractivity contribution in [2.75, 3.05) is 13.1 Å². The van der Waals surface area contributed by atoms with Gasteiger partial charge in [0.25, 0.3) is 0 Å². The second-order valence-corrected chi connectivity index (χ2v) is 10.7. The van der Waals surface area contributed by atoms with Crippen molar-refractivity contribution in [1.82, 2.24) is 24.1 Å². The molecule has 0 atom stereocenters. The van der Waals surface area contributed by atoms with Gasteiger partial charge in [-0.1, -0.05) is 11.3 Å². The third-order valence-corrected chi connectivity index (χ3v) is 6.98. The molecule has 0 aliphatic carbocycles. The molecule has 3 aromatic heterocycles. The number of fused-ring (bicyclic) bond motifs is 2. The predicted molar refractivity (Wildman–Crippen MR) is 127 cm³/mol. The first-order valence-electron chi connectivity index (χ1n) is 11.1. The normalized spacial score (nSPS) is 15.7. The maximum atomic E-state index is 12.3. The average Bonchev–Trinajstić information content (AvgIpc) is 3.39. The number of nitrogens with zero attached hydrogens (tertiary/aromatic N) is 5. The lowest BCUT2D eigenvalue weighted by atomic mass is 9.94. The van der Waals surface area contributed by atoms with Crippen molar-refractivity contribution in [1.29, 1.82) is 0 Å². The van der Waals surface area contributed by atoms with Crippen LogP contribution in [0, 0.1) is 6.92 Å². The van der Waals surface area contributed by atoms with Gasteiger partial charge in [-0.3, -0.25) is 9.08 Å². The molecule has 1 saturated heterocycles. The summed E-state index contributed by atoms with van der Waals surface area (Å²) in [6.07, 6.45) is 7.99. The largest absolute Gasteiger partial charge is 0.444 e. The predicted octanol–water partition coefficient (Wildman–Crippen LogP) is 5.37. The number of imidazole rings is 1. The van der Waals surface area contributed by atoms with E-state index >= 15 is 0 Å². The van der Waals surface area contributed by atoms with Crippen LogP contribution in [0.25, 0.3) is 26.3 Å². The molecule has 168 valence electrons. The molecule has 1 fully saturated rings. The van der Waals surface area contributed by atoms with Gasteiger partial charge in [0.15, 0.2) is 4.96 Å². The summed E-state index contributed by atoms with van der Waals surface area (Å²) in [4.78, 5) is 21.3. The Kier molecular flexibility index (Phi) is 5.00. The molecule has 1 aliphatic rings. The fraction of sp³-hybridized carbons (Fsp3) is 0.458. The lowest BCUT2D eigenvalue weighted by Crippen LogP contribution is -2.41. The van der Waals surface area contributed by atoms with E-state index in [-0.39, 0.29) is 6.09 Å². The number of carbonyl (C=O) groups excluding carboxylic acids is 1. The van der Waals surface area contributed by atoms with Crippen LogP contribution in [0.4, 0.5) is 4.79 Å². The molecule has 0 radical (unpaired) electrons. The summed E-state index contributed by atoms with van der Waals surface area (Å²) >= 11 is 1.71. The minimum atomic E-state index is -0.458. The Hall–Kier alpha value is -2.87. The first kappa shape index (κ1) is 21.0. The average molecular weight is 452 g/mol. The highest BCUT2D eigenvalue weighted by Gasteiger charge is 2.28. The van der Waals surface area contributed by atoms with Crippen LogP contribution in [-0.4, -0.2) is 48.8 Å². The molecule has 4 aromatic rings. The van der Waals surface area contributed by atoms with Crippen LogP contribution < -0.4 is 0 Å². The fourth-order valence-corrected chi connectivity index (χ4v) is 5.36. The second kappa shape index (κ2) is 7.62. The summed E-state index contributed by atoms with van der Waals surface area (Å²) in [5.41, 5.74) is 4.09. The number of amides is 1. The van der Waals surface area contributed by atoms with Gasteiger partial charge < -0.3 is 9.64 Å². The van der Waals surface area contributed by atoms with Crippen LogP contribution in [0.5, 0.6) is 0 Å². The second-order valence-electron chi connectivity index (χ2n) is 9.73. The van der Waals surface area contributed by atoms with E-state index in [1.807, 2.05) is 37.4 Å². The van der Waals surface area contributed by atoms with E-state index in [9.17, 15) is 4.79 Å². The van der Waals surface area contributed by atoms with E-state index in [1.165, 1.54) is 16.0 Å². The number of carbonyl (C=O) groups is 1. The van der Waals surface area contributed by atoms with Crippen molar-refractivity contribution in [2.45, 2.75) is 52.1 Å². The Morgan fingerprint density at radius 3 is 2.59 bits per heavy atom. The van der Waals surface area contributed by atoms with Crippen molar-refractivity contribution < 1.29 is 9.53 Å². The molecule has 4 heterocycles. The highest BCUT2D eigenvalue weighted by Crippen LogP contribution is 2.34. The standard InChI is InChI=1S/C24H29N5O2S/c1-15-10-17(11-18-12-27(5)26-21(15)18)20-14-29-13-19(25-22(29)32-20)16-6-8-28(9-7-16)23(30)31-24(2,3)4/h10-14,16H,6-9H2,1-5H3. The van der Waals surface area contributed by atoms with Crippen LogP contribution in [0.15, 0.2) is 30.7 Å². The summed E-state index contributed by atoms with van der Waals surface area (Å²) < 4.78 is 9.51. The Balaban J connectivity index is 1.31. The molecule has 1 amide bonds. The van der Waals surface area contributed by atoms with Crippen LogP contribution in [0.1, 0.15) is 50.8 Å². The van der Waals surface area contributed by atoms with Gasteiger partial charge >= 0.3 is 6.09 Å². The molecule has 1 aromatic carbocycles. The molecule has 0 saturated carbocycles. The molecule has 0 spiro atoms. The van der Waals surface area contributed by atoms with Crippen molar-refractivity contribution in [3.05, 3.63) is 42.0 Å². The number of benzene rings is 1. The highest BCUT2D eigenvalue weighted by molar-refractivity contribution is 7.20. The zero-order chi connectivity index (χ0) is 22.6. The SMILES string of the molecule is Cc1cc(-c2cn3cc(C4CCN(C(=O)OC(C)(C)C)CC4)nc3s2)cc2cn(C)nc12.